The van der Waals surface area contributed by atoms with E-state index in [0.29, 0.717) is 30.1 Å². The minimum atomic E-state index is -0.893. The van der Waals surface area contributed by atoms with Crippen molar-refractivity contribution in [1.82, 2.24) is 30.1 Å². The largest absolute Gasteiger partial charge is 0.453 e. The number of aromatic amines is 1. The average molecular weight is 730 g/mol. The van der Waals surface area contributed by atoms with E-state index in [2.05, 4.69) is 49.4 Å². The zero-order chi connectivity index (χ0) is 37.4. The van der Waals surface area contributed by atoms with Gasteiger partial charge in [-0.25, -0.2) is 19.8 Å². The molecule has 5 aromatic rings. The van der Waals surface area contributed by atoms with Crippen LogP contribution in [-0.4, -0.2) is 82.4 Å². The molecule has 0 bridgehead atoms. The molecule has 2 aliphatic heterocycles. The molecule has 0 aliphatic carbocycles. The fraction of sp³-hybridized carbons (Fsp3) is 0.317. The Labute approximate surface area is 313 Å². The third-order valence-electron chi connectivity index (χ3n) is 10.2. The zero-order valence-corrected chi connectivity index (χ0v) is 30.3. The Balaban J connectivity index is 1.05. The highest BCUT2D eigenvalue weighted by atomic mass is 17.2. The van der Waals surface area contributed by atoms with Crippen LogP contribution in [0.1, 0.15) is 66.3 Å². The molecule has 2 aliphatic rings. The first-order chi connectivity index (χ1) is 26.4. The Hall–Kier alpha value is -6.08. The minimum absolute atomic E-state index is 0.0517. The normalized spacial score (nSPS) is 18.2. The fourth-order valence-electron chi connectivity index (χ4n) is 7.48. The van der Waals surface area contributed by atoms with Crippen LogP contribution in [0.4, 0.5) is 4.79 Å². The molecule has 0 spiro atoms. The number of ether oxygens (including phenoxy) is 1. The van der Waals surface area contributed by atoms with Crippen molar-refractivity contribution >= 4 is 35.5 Å². The molecule has 1 unspecified atom stereocenters. The van der Waals surface area contributed by atoms with E-state index < -0.39 is 18.2 Å². The van der Waals surface area contributed by atoms with Crippen LogP contribution in [0.3, 0.4) is 0 Å². The van der Waals surface area contributed by atoms with Crippen LogP contribution in [-0.2, 0) is 30.5 Å². The number of amides is 3. The van der Waals surface area contributed by atoms with Gasteiger partial charge < -0.3 is 29.7 Å². The van der Waals surface area contributed by atoms with E-state index in [1.807, 2.05) is 71.6 Å². The summed E-state index contributed by atoms with van der Waals surface area (Å²) in [7, 11) is 2.67. The molecule has 2 N–H and O–H groups in total. The smallest absolute Gasteiger partial charge is 0.407 e. The Kier molecular flexibility index (Phi) is 11.2. The molecule has 2 aromatic heterocycles. The first kappa shape index (κ1) is 36.3. The highest BCUT2D eigenvalue weighted by Gasteiger charge is 2.37. The molecule has 13 nitrogen and oxygen atoms in total. The number of hydrogen-bond donors (Lipinski definition) is 2. The summed E-state index contributed by atoms with van der Waals surface area (Å²) in [5.41, 5.74) is 5.85. The van der Waals surface area contributed by atoms with Crippen LogP contribution in [0.25, 0.3) is 22.3 Å². The Morgan fingerprint density at radius 1 is 0.889 bits per heavy atom. The highest BCUT2D eigenvalue weighted by molar-refractivity contribution is 5.88. The highest BCUT2D eigenvalue weighted by Crippen LogP contribution is 2.35. The summed E-state index contributed by atoms with van der Waals surface area (Å²) < 4.78 is 4.83. The van der Waals surface area contributed by atoms with Gasteiger partial charge in [0.1, 0.15) is 11.9 Å². The Bertz CT molecular complexity index is 2090. The lowest BCUT2D eigenvalue weighted by atomic mass is 9.99. The molecular weight excluding hydrogens is 686 g/mol. The van der Waals surface area contributed by atoms with Crippen molar-refractivity contribution in [3.63, 3.8) is 0 Å². The number of carbonyl (C=O) groups excluding carboxylic acids is 3. The number of benzene rings is 3. The van der Waals surface area contributed by atoms with Crippen LogP contribution in [0.5, 0.6) is 0 Å². The first-order valence-electron chi connectivity index (χ1n) is 18.1. The van der Waals surface area contributed by atoms with E-state index >= 15 is 0 Å². The van der Waals surface area contributed by atoms with Gasteiger partial charge in [0.25, 0.3) is 11.8 Å². The number of fused-ring (bicyclic) bond motifs is 1. The fourth-order valence-corrected chi connectivity index (χ4v) is 7.48. The van der Waals surface area contributed by atoms with Gasteiger partial charge in [-0.15, -0.1) is 0 Å². The molecule has 278 valence electrons. The van der Waals surface area contributed by atoms with Gasteiger partial charge in [-0.2, -0.15) is 4.89 Å². The second kappa shape index (κ2) is 16.7. The number of imidazole rings is 1. The minimum Gasteiger partial charge on any atom is -0.453 e. The second-order valence-corrected chi connectivity index (χ2v) is 13.4. The van der Waals surface area contributed by atoms with E-state index in [1.165, 1.54) is 20.6 Å². The van der Waals surface area contributed by atoms with Gasteiger partial charge in [-0.05, 0) is 60.4 Å². The van der Waals surface area contributed by atoms with Gasteiger partial charge in [-0.3, -0.25) is 9.59 Å². The maximum absolute atomic E-state index is 13.9. The number of alkyl carbamates (subject to hydrolysis) is 1. The quantitative estimate of drug-likeness (QED) is 0.0661. The number of aliphatic imine (C=N–C) groups is 1. The van der Waals surface area contributed by atoms with Gasteiger partial charge >= 0.3 is 6.09 Å². The maximum Gasteiger partial charge on any atom is 0.407 e. The Morgan fingerprint density at radius 2 is 1.59 bits per heavy atom. The van der Waals surface area contributed by atoms with Gasteiger partial charge in [0.15, 0.2) is 11.7 Å². The number of nitrogens with one attached hydrogen (secondary N) is 2. The van der Waals surface area contributed by atoms with Crippen molar-refractivity contribution < 1.29 is 28.9 Å². The predicted molar refractivity (Wildman–Crippen MR) is 202 cm³/mol. The zero-order valence-electron chi connectivity index (χ0n) is 30.3. The van der Waals surface area contributed by atoms with Crippen LogP contribution < -0.4 is 5.32 Å². The van der Waals surface area contributed by atoms with Crippen LogP contribution in [0.15, 0.2) is 102 Å². The number of hydrogen-bond acceptors (Lipinski definition) is 9. The van der Waals surface area contributed by atoms with E-state index in [4.69, 9.17) is 14.6 Å². The molecule has 3 aromatic carbocycles. The summed E-state index contributed by atoms with van der Waals surface area (Å²) in [6, 6.07) is 27.2. The maximum atomic E-state index is 13.9. The number of aromatic nitrogens is 3. The number of likely N-dealkylation sites (tertiary alicyclic amines) is 2. The number of carbonyl (C=O) groups is 3. The van der Waals surface area contributed by atoms with E-state index in [1.54, 1.807) is 11.1 Å². The van der Waals surface area contributed by atoms with E-state index in [0.717, 1.165) is 59.9 Å². The van der Waals surface area contributed by atoms with Crippen molar-refractivity contribution in [2.75, 3.05) is 27.3 Å². The molecular formula is C41H43N7O6. The van der Waals surface area contributed by atoms with Gasteiger partial charge in [0.05, 0.1) is 25.8 Å². The SMILES string of the molecule is COOC=N[C@@H](C(=O)N1CCC[C@H]1Cc1ccc(-c2cnc3nc([C@@H]4CCCN4C(=O)C(NC(=O)OC)c4ccccc4)[nH]c3c2)cc1)c1ccccc1. The van der Waals surface area contributed by atoms with Crippen molar-refractivity contribution in [3.05, 3.63) is 120 Å². The van der Waals surface area contributed by atoms with Gasteiger partial charge in [0.2, 0.25) is 6.40 Å². The van der Waals surface area contributed by atoms with Crippen molar-refractivity contribution in [2.24, 2.45) is 4.99 Å². The lowest BCUT2D eigenvalue weighted by molar-refractivity contribution is -0.188. The number of pyridine rings is 1. The van der Waals surface area contributed by atoms with Crippen LogP contribution in [0.2, 0.25) is 0 Å². The monoisotopic (exact) mass is 729 g/mol. The molecule has 0 radical (unpaired) electrons. The molecule has 2 saturated heterocycles. The lowest BCUT2D eigenvalue weighted by Crippen LogP contribution is -2.42. The number of methoxy groups -OCH3 is 1. The molecule has 2 fully saturated rings. The summed E-state index contributed by atoms with van der Waals surface area (Å²) in [5.74, 6) is 0.367. The number of nitrogens with zero attached hydrogens (tertiary/aromatic N) is 5. The standard InChI is InChI=1S/C41H43N7O6/c1-52-41(51)45-36(30-13-7-4-8-14-30)40(50)48-22-10-16-34(48)38-44-33-24-31(25-42-37(33)46-38)28-19-17-27(18-20-28)23-32-15-9-21-47(32)39(49)35(43-26-54-53-2)29-11-5-3-6-12-29/h3-8,11-14,17-20,24-26,32,34-36H,9-10,15-16,21-23H2,1-2H3,(H,45,51)(H,42,44,46)/t32-,34-,35+,36?/m0/s1. The average Bonchev–Trinajstić information content (AvgIpc) is 3.99. The Morgan fingerprint density at radius 3 is 2.31 bits per heavy atom. The molecule has 3 amide bonds. The molecule has 13 heteroatoms. The third-order valence-corrected chi connectivity index (χ3v) is 10.2. The van der Waals surface area contributed by atoms with E-state index in [-0.39, 0.29) is 23.9 Å². The van der Waals surface area contributed by atoms with Crippen LogP contribution in [0, 0.1) is 0 Å². The molecule has 7 rings (SSSR count). The molecule has 0 saturated carbocycles. The van der Waals surface area contributed by atoms with Crippen molar-refractivity contribution in [1.29, 1.82) is 0 Å². The topological polar surface area (TPSA) is 151 Å². The summed E-state index contributed by atoms with van der Waals surface area (Å²) in [6.07, 6.45) is 6.40. The summed E-state index contributed by atoms with van der Waals surface area (Å²) in [5, 5.41) is 2.71. The van der Waals surface area contributed by atoms with Gasteiger partial charge in [0, 0.05) is 30.9 Å². The third kappa shape index (κ3) is 7.96. The van der Waals surface area contributed by atoms with Crippen LogP contribution >= 0.6 is 0 Å². The molecule has 4 heterocycles. The van der Waals surface area contributed by atoms with Gasteiger partial charge in [-0.1, -0.05) is 84.9 Å². The van der Waals surface area contributed by atoms with E-state index in [9.17, 15) is 14.4 Å². The number of rotatable bonds is 12. The van der Waals surface area contributed by atoms with Crippen molar-refractivity contribution in [2.45, 2.75) is 56.3 Å². The van der Waals surface area contributed by atoms with Crippen molar-refractivity contribution in [3.8, 4) is 11.1 Å². The summed E-state index contributed by atoms with van der Waals surface area (Å²) in [4.78, 5) is 70.5. The second-order valence-electron chi connectivity index (χ2n) is 13.4. The molecule has 54 heavy (non-hydrogen) atoms. The summed E-state index contributed by atoms with van der Waals surface area (Å²) in [6.45, 7) is 1.21. The first-order valence-corrected chi connectivity index (χ1v) is 18.1. The molecule has 4 atom stereocenters. The number of H-pyrrole nitrogens is 1. The lowest BCUT2D eigenvalue weighted by Gasteiger charge is -2.28. The summed E-state index contributed by atoms with van der Waals surface area (Å²) >= 11 is 0. The predicted octanol–water partition coefficient (Wildman–Crippen LogP) is 6.27.